The Bertz CT molecular complexity index is 1010. The third kappa shape index (κ3) is 6.89. The van der Waals surface area contributed by atoms with Crippen LogP contribution < -0.4 is 4.74 Å². The molecule has 0 fully saturated rings. The van der Waals surface area contributed by atoms with Gasteiger partial charge >= 0.3 is 5.97 Å². The minimum atomic E-state index is -0.331. The Kier molecular flexibility index (Phi) is 8.12. The highest BCUT2D eigenvalue weighted by atomic mass is 32.1. The first kappa shape index (κ1) is 22.4. The van der Waals surface area contributed by atoms with Crippen molar-refractivity contribution in [3.05, 3.63) is 76.0 Å². The van der Waals surface area contributed by atoms with E-state index in [-0.39, 0.29) is 24.8 Å². The summed E-state index contributed by atoms with van der Waals surface area (Å²) in [5.74, 6) is 0.0634. The Balaban J connectivity index is 1.71. The van der Waals surface area contributed by atoms with Crippen molar-refractivity contribution in [3.8, 4) is 5.75 Å². The van der Waals surface area contributed by atoms with Gasteiger partial charge in [-0.15, -0.1) is 11.3 Å². The van der Waals surface area contributed by atoms with Gasteiger partial charge < -0.3 is 14.4 Å². The number of thiazole rings is 1. The van der Waals surface area contributed by atoms with Crippen LogP contribution in [0.4, 0.5) is 0 Å². The minimum Gasteiger partial charge on any atom is -0.487 e. The second-order valence-corrected chi connectivity index (χ2v) is 7.88. The molecule has 3 rings (SSSR count). The highest BCUT2D eigenvalue weighted by Crippen LogP contribution is 2.19. The second-order valence-electron chi connectivity index (χ2n) is 6.82. The molecule has 0 N–H and O–H groups in total. The summed E-state index contributed by atoms with van der Waals surface area (Å²) < 4.78 is 10.8. The molecule has 0 saturated heterocycles. The molecule has 0 spiro atoms. The fraction of sp³-hybridized carbons (Fsp3) is 0.304. The van der Waals surface area contributed by atoms with Gasteiger partial charge in [-0.25, -0.2) is 4.98 Å². The largest absolute Gasteiger partial charge is 0.487 e. The molecule has 0 radical (unpaired) electrons. The maximum atomic E-state index is 13.2. The van der Waals surface area contributed by atoms with Gasteiger partial charge in [0.05, 0.1) is 23.7 Å². The van der Waals surface area contributed by atoms with Crippen LogP contribution in [0.1, 0.15) is 40.0 Å². The van der Waals surface area contributed by atoms with Crippen molar-refractivity contribution in [1.29, 1.82) is 0 Å². The third-order valence-corrected chi connectivity index (χ3v) is 5.23. The lowest BCUT2D eigenvalue weighted by atomic mass is 10.1. The molecule has 0 aliphatic rings. The number of aryl methyl sites for hydroxylation is 1. The van der Waals surface area contributed by atoms with Crippen LogP contribution in [0.25, 0.3) is 0 Å². The van der Waals surface area contributed by atoms with Gasteiger partial charge in [0.2, 0.25) is 0 Å². The van der Waals surface area contributed by atoms with E-state index in [1.165, 1.54) is 0 Å². The lowest BCUT2D eigenvalue weighted by molar-refractivity contribution is -0.143. The monoisotopic (exact) mass is 439 g/mol. The molecule has 162 valence electrons. The van der Waals surface area contributed by atoms with Crippen molar-refractivity contribution in [2.45, 2.75) is 33.4 Å². The summed E-state index contributed by atoms with van der Waals surface area (Å²) in [6.07, 6.45) is 3.51. The van der Waals surface area contributed by atoms with Crippen LogP contribution in [0.2, 0.25) is 0 Å². The Morgan fingerprint density at radius 2 is 2.06 bits per heavy atom. The zero-order chi connectivity index (χ0) is 22.1. The van der Waals surface area contributed by atoms with Crippen LogP contribution in [-0.2, 0) is 22.7 Å². The lowest BCUT2D eigenvalue weighted by Gasteiger charge is -2.23. The number of benzene rings is 1. The number of pyridine rings is 1. The van der Waals surface area contributed by atoms with E-state index in [2.05, 4.69) is 9.97 Å². The molecule has 8 heteroatoms. The predicted octanol–water partition coefficient (Wildman–Crippen LogP) is 4.02. The van der Waals surface area contributed by atoms with Crippen molar-refractivity contribution in [1.82, 2.24) is 14.9 Å². The molecule has 0 unspecified atom stereocenters. The van der Waals surface area contributed by atoms with Crippen LogP contribution in [0, 0.1) is 6.92 Å². The van der Waals surface area contributed by atoms with Crippen molar-refractivity contribution < 1.29 is 19.1 Å². The van der Waals surface area contributed by atoms with Crippen LogP contribution in [0.15, 0.2) is 54.2 Å². The van der Waals surface area contributed by atoms with Crippen LogP contribution in [-0.4, -0.2) is 39.9 Å². The van der Waals surface area contributed by atoms with Gasteiger partial charge in [0.1, 0.15) is 12.4 Å². The first-order valence-corrected chi connectivity index (χ1v) is 10.9. The number of esters is 1. The first-order valence-electron chi connectivity index (χ1n) is 10.0. The Morgan fingerprint density at radius 1 is 1.19 bits per heavy atom. The Morgan fingerprint density at radius 3 is 2.77 bits per heavy atom. The second kappa shape index (κ2) is 11.2. The Labute approximate surface area is 185 Å². The van der Waals surface area contributed by atoms with E-state index in [9.17, 15) is 9.59 Å². The highest BCUT2D eigenvalue weighted by Gasteiger charge is 2.18. The van der Waals surface area contributed by atoms with Crippen molar-refractivity contribution >= 4 is 23.2 Å². The molecular formula is C23H25N3O4S. The SMILES string of the molecule is CCOC(=O)CCN(Cc1cccnc1)C(=O)c1cccc(OCc2csc(C)n2)c1. The molecule has 0 aliphatic heterocycles. The average Bonchev–Trinajstić information content (AvgIpc) is 3.21. The Hall–Kier alpha value is -3.26. The molecule has 7 nitrogen and oxygen atoms in total. The maximum Gasteiger partial charge on any atom is 0.307 e. The van der Waals surface area contributed by atoms with Crippen LogP contribution in [0.5, 0.6) is 5.75 Å². The molecule has 0 atom stereocenters. The molecule has 0 bridgehead atoms. The molecule has 1 aromatic carbocycles. The molecule has 2 heterocycles. The number of rotatable bonds is 10. The van der Waals surface area contributed by atoms with E-state index in [1.807, 2.05) is 24.4 Å². The number of amides is 1. The van der Waals surface area contributed by atoms with E-state index in [0.717, 1.165) is 16.3 Å². The van der Waals surface area contributed by atoms with E-state index >= 15 is 0 Å². The number of hydrogen-bond donors (Lipinski definition) is 0. The van der Waals surface area contributed by atoms with E-state index in [1.54, 1.807) is 59.8 Å². The van der Waals surface area contributed by atoms with Crippen molar-refractivity contribution in [2.24, 2.45) is 0 Å². The summed E-state index contributed by atoms with van der Waals surface area (Å²) in [7, 11) is 0. The van der Waals surface area contributed by atoms with E-state index in [4.69, 9.17) is 9.47 Å². The first-order chi connectivity index (χ1) is 15.0. The number of ether oxygens (including phenoxy) is 2. The topological polar surface area (TPSA) is 81.6 Å². The number of aromatic nitrogens is 2. The zero-order valence-electron chi connectivity index (χ0n) is 17.6. The standard InChI is InChI=1S/C23H25N3O4S/c1-3-29-22(27)9-11-26(14-18-6-5-10-24-13-18)23(28)19-7-4-8-21(12-19)30-15-20-16-31-17(2)25-20/h4-8,10,12-13,16H,3,9,11,14-15H2,1-2H3. The van der Waals surface area contributed by atoms with Crippen LogP contribution in [0.3, 0.4) is 0 Å². The zero-order valence-corrected chi connectivity index (χ0v) is 18.4. The minimum absolute atomic E-state index is 0.124. The predicted molar refractivity (Wildman–Crippen MR) is 118 cm³/mol. The van der Waals surface area contributed by atoms with Gasteiger partial charge in [0, 0.05) is 36.4 Å². The lowest BCUT2D eigenvalue weighted by Crippen LogP contribution is -2.33. The summed E-state index contributed by atoms with van der Waals surface area (Å²) in [5, 5.41) is 2.94. The summed E-state index contributed by atoms with van der Waals surface area (Å²) in [4.78, 5) is 35.2. The van der Waals surface area contributed by atoms with Gasteiger partial charge in [-0.2, -0.15) is 0 Å². The smallest absolute Gasteiger partial charge is 0.307 e. The number of hydrogen-bond acceptors (Lipinski definition) is 7. The van der Waals surface area contributed by atoms with Gasteiger partial charge in [0.15, 0.2) is 0 Å². The normalized spacial score (nSPS) is 10.5. The van der Waals surface area contributed by atoms with Crippen LogP contribution >= 0.6 is 11.3 Å². The maximum absolute atomic E-state index is 13.2. The number of carbonyl (C=O) groups excluding carboxylic acids is 2. The molecule has 0 aliphatic carbocycles. The van der Waals surface area contributed by atoms with Gasteiger partial charge in [0.25, 0.3) is 5.91 Å². The molecule has 3 aromatic rings. The number of nitrogens with zero attached hydrogens (tertiary/aromatic N) is 3. The summed E-state index contributed by atoms with van der Waals surface area (Å²) >= 11 is 1.57. The van der Waals surface area contributed by atoms with E-state index < -0.39 is 0 Å². The fourth-order valence-electron chi connectivity index (χ4n) is 2.96. The molecular weight excluding hydrogens is 414 g/mol. The fourth-order valence-corrected chi connectivity index (χ4v) is 3.55. The molecule has 31 heavy (non-hydrogen) atoms. The number of carbonyl (C=O) groups is 2. The van der Waals surface area contributed by atoms with Gasteiger partial charge in [-0.05, 0) is 43.7 Å². The summed E-state index contributed by atoms with van der Waals surface area (Å²) in [6.45, 7) is 4.94. The average molecular weight is 440 g/mol. The van der Waals surface area contributed by atoms with Gasteiger partial charge in [-0.1, -0.05) is 12.1 Å². The summed E-state index contributed by atoms with van der Waals surface area (Å²) in [6, 6.07) is 10.7. The van der Waals surface area contributed by atoms with Crippen molar-refractivity contribution in [2.75, 3.05) is 13.2 Å². The molecule has 0 saturated carbocycles. The highest BCUT2D eigenvalue weighted by molar-refractivity contribution is 7.09. The van der Waals surface area contributed by atoms with Gasteiger partial charge in [-0.3, -0.25) is 14.6 Å². The quantitative estimate of drug-likeness (QED) is 0.444. The van der Waals surface area contributed by atoms with Crippen molar-refractivity contribution in [3.63, 3.8) is 0 Å². The van der Waals surface area contributed by atoms with E-state index in [0.29, 0.717) is 31.1 Å². The summed E-state index contributed by atoms with van der Waals surface area (Å²) in [5.41, 5.74) is 2.22. The molecule has 1 amide bonds. The molecule has 2 aromatic heterocycles. The third-order valence-electron chi connectivity index (χ3n) is 4.41.